The number of rotatable bonds is 5. The summed E-state index contributed by atoms with van der Waals surface area (Å²) < 4.78 is 2.72. The molecule has 14 rings (SSSR count). The second-order valence-electron chi connectivity index (χ2n) is 17.6. The predicted molar refractivity (Wildman–Crippen MR) is 243 cm³/mol. The monoisotopic (exact) mass is 775 g/mol. The Morgan fingerprint density at radius 3 is 1.56 bits per heavy atom. The molecule has 3 nitrogen and oxygen atoms in total. The van der Waals surface area contributed by atoms with Gasteiger partial charge in [-0.3, -0.25) is 0 Å². The van der Waals surface area contributed by atoms with Crippen molar-refractivity contribution in [2.24, 2.45) is 23.7 Å². The quantitative estimate of drug-likeness (QED) is 0.175. The molecule has 9 aromatic rings. The first-order valence-corrected chi connectivity index (χ1v) is 22.2. The first kappa shape index (κ1) is 33.7. The number of thiophene rings is 1. The lowest BCUT2D eigenvalue weighted by Gasteiger charge is -2.61. The van der Waals surface area contributed by atoms with Gasteiger partial charge in [0.2, 0.25) is 0 Å². The number of aromatic nitrogens is 3. The van der Waals surface area contributed by atoms with Crippen molar-refractivity contribution in [1.82, 2.24) is 15.0 Å². The van der Waals surface area contributed by atoms with E-state index < -0.39 is 0 Å². The summed E-state index contributed by atoms with van der Waals surface area (Å²) in [6, 6.07) is 60.0. The summed E-state index contributed by atoms with van der Waals surface area (Å²) in [7, 11) is 0. The van der Waals surface area contributed by atoms with Crippen LogP contribution in [-0.2, 0) is 5.41 Å². The van der Waals surface area contributed by atoms with Gasteiger partial charge in [-0.15, -0.1) is 11.3 Å². The molecule has 0 unspecified atom stereocenters. The second kappa shape index (κ2) is 12.9. The molecule has 1 spiro atoms. The van der Waals surface area contributed by atoms with Crippen molar-refractivity contribution in [2.75, 3.05) is 0 Å². The summed E-state index contributed by atoms with van der Waals surface area (Å²) in [5, 5.41) is 2.75. The van der Waals surface area contributed by atoms with Crippen molar-refractivity contribution >= 4 is 31.5 Å². The minimum absolute atomic E-state index is 0.0138. The Balaban J connectivity index is 0.981. The van der Waals surface area contributed by atoms with Crippen LogP contribution in [0.1, 0.15) is 43.2 Å². The molecule has 4 heteroatoms. The molecule has 282 valence electrons. The van der Waals surface area contributed by atoms with Gasteiger partial charge in [0.25, 0.3) is 0 Å². The fourth-order valence-electron chi connectivity index (χ4n) is 12.3. The number of hydrogen-bond acceptors (Lipinski definition) is 4. The van der Waals surface area contributed by atoms with E-state index in [1.165, 1.54) is 91.2 Å². The Morgan fingerprint density at radius 2 is 0.881 bits per heavy atom. The van der Waals surface area contributed by atoms with Crippen LogP contribution in [0.2, 0.25) is 0 Å². The second-order valence-corrected chi connectivity index (χ2v) is 18.7. The minimum Gasteiger partial charge on any atom is -0.208 e. The maximum absolute atomic E-state index is 5.28. The smallest absolute Gasteiger partial charge is 0.164 e. The summed E-state index contributed by atoms with van der Waals surface area (Å²) >= 11 is 1.91. The Kier molecular flexibility index (Phi) is 7.36. The normalized spacial score (nSPS) is 22.3. The SMILES string of the molecule is c1ccc(-c2ccc(-c3nc(-c4ccccc4)nc(-c4ccc5c(c4)C4(c6cc(-c7cccc8sc9ccccc9c78)ccc6-5)C5CC6CC(C5)CC4C6)n3)cc2)cc1. The summed E-state index contributed by atoms with van der Waals surface area (Å²) in [5.41, 5.74) is 14.0. The lowest BCUT2D eigenvalue weighted by atomic mass is 9.43. The Morgan fingerprint density at radius 1 is 0.390 bits per heavy atom. The lowest BCUT2D eigenvalue weighted by molar-refractivity contribution is -0.0399. The van der Waals surface area contributed by atoms with Gasteiger partial charge in [-0.05, 0) is 125 Å². The third-order valence-corrected chi connectivity index (χ3v) is 15.7. The number of benzene rings is 7. The molecule has 7 aromatic carbocycles. The maximum Gasteiger partial charge on any atom is 0.164 e. The van der Waals surface area contributed by atoms with Gasteiger partial charge in [0.1, 0.15) is 0 Å². The maximum atomic E-state index is 5.28. The van der Waals surface area contributed by atoms with Gasteiger partial charge in [0.15, 0.2) is 17.5 Å². The topological polar surface area (TPSA) is 38.7 Å². The van der Waals surface area contributed by atoms with Crippen LogP contribution in [0.15, 0.2) is 164 Å². The highest BCUT2D eigenvalue weighted by Crippen LogP contribution is 2.69. The van der Waals surface area contributed by atoms with Crippen molar-refractivity contribution < 1.29 is 0 Å². The van der Waals surface area contributed by atoms with E-state index >= 15 is 0 Å². The van der Waals surface area contributed by atoms with Crippen LogP contribution >= 0.6 is 11.3 Å². The first-order valence-electron chi connectivity index (χ1n) is 21.3. The van der Waals surface area contributed by atoms with E-state index in [-0.39, 0.29) is 5.41 Å². The molecule has 4 saturated carbocycles. The third kappa shape index (κ3) is 5.09. The summed E-state index contributed by atoms with van der Waals surface area (Å²) in [5.74, 6) is 5.13. The van der Waals surface area contributed by atoms with Gasteiger partial charge in [-0.2, -0.15) is 0 Å². The van der Waals surface area contributed by atoms with Gasteiger partial charge in [0, 0.05) is 42.3 Å². The van der Waals surface area contributed by atoms with Crippen LogP contribution in [-0.4, -0.2) is 15.0 Å². The average Bonchev–Trinajstić information content (AvgIpc) is 3.82. The highest BCUT2D eigenvalue weighted by molar-refractivity contribution is 7.25. The third-order valence-electron chi connectivity index (χ3n) is 14.5. The van der Waals surface area contributed by atoms with E-state index in [2.05, 4.69) is 158 Å². The van der Waals surface area contributed by atoms with Crippen molar-refractivity contribution in [3.05, 3.63) is 175 Å². The standard InChI is InChI=1S/C55H41N3S/c1-3-10-35(11-4-1)36-18-20-38(21-19-36)53-56-52(37-12-5-2-6-13-37)57-54(58-53)40-23-25-45-44-24-22-39(43-15-9-17-50-51(43)46-14-7-8-16-49(46)59-50)31-47(44)55(48(45)32-40)41-27-33-26-34(29-41)30-42(55)28-33/h1-25,31-34,41-42H,26-30H2. The van der Waals surface area contributed by atoms with E-state index in [1.807, 2.05) is 17.4 Å². The van der Waals surface area contributed by atoms with Crippen molar-refractivity contribution in [2.45, 2.75) is 37.5 Å². The molecule has 0 saturated heterocycles. The van der Waals surface area contributed by atoms with E-state index in [9.17, 15) is 0 Å². The van der Waals surface area contributed by atoms with Crippen LogP contribution in [0, 0.1) is 23.7 Å². The highest BCUT2D eigenvalue weighted by Gasteiger charge is 2.61. The van der Waals surface area contributed by atoms with Gasteiger partial charge in [-0.1, -0.05) is 140 Å². The summed E-state index contributed by atoms with van der Waals surface area (Å²) in [6.45, 7) is 0. The molecular weight excluding hydrogens is 735 g/mol. The molecule has 0 atom stereocenters. The van der Waals surface area contributed by atoms with Crippen molar-refractivity contribution in [1.29, 1.82) is 0 Å². The Labute approximate surface area is 348 Å². The van der Waals surface area contributed by atoms with Gasteiger partial charge in [0.05, 0.1) is 0 Å². The van der Waals surface area contributed by atoms with E-state index in [1.54, 1.807) is 5.56 Å². The molecule has 0 aliphatic heterocycles. The van der Waals surface area contributed by atoms with E-state index in [0.717, 1.165) is 34.4 Å². The molecule has 0 radical (unpaired) electrons. The minimum atomic E-state index is -0.0138. The van der Waals surface area contributed by atoms with E-state index in [4.69, 9.17) is 15.0 Å². The van der Waals surface area contributed by atoms with Crippen molar-refractivity contribution in [3.63, 3.8) is 0 Å². The van der Waals surface area contributed by atoms with E-state index in [0.29, 0.717) is 23.5 Å². The Hall–Kier alpha value is -6.23. The zero-order valence-corrected chi connectivity index (χ0v) is 33.5. The molecule has 0 amide bonds. The molecule has 59 heavy (non-hydrogen) atoms. The molecule has 2 aromatic heterocycles. The molecule has 5 aliphatic carbocycles. The first-order chi connectivity index (χ1) is 29.2. The van der Waals surface area contributed by atoms with Crippen LogP contribution in [0.5, 0.6) is 0 Å². The molecule has 4 bridgehead atoms. The van der Waals surface area contributed by atoms with Crippen LogP contribution < -0.4 is 0 Å². The fraction of sp³-hybridized carbons (Fsp3) is 0.182. The predicted octanol–water partition coefficient (Wildman–Crippen LogP) is 14.3. The highest BCUT2D eigenvalue weighted by atomic mass is 32.1. The van der Waals surface area contributed by atoms with Crippen LogP contribution in [0.4, 0.5) is 0 Å². The summed E-state index contributed by atoms with van der Waals surface area (Å²) in [4.78, 5) is 15.6. The van der Waals surface area contributed by atoms with Crippen LogP contribution in [0.3, 0.4) is 0 Å². The molecular formula is C55H41N3S. The molecule has 0 N–H and O–H groups in total. The number of nitrogens with zero attached hydrogens (tertiary/aromatic N) is 3. The molecule has 4 fully saturated rings. The van der Waals surface area contributed by atoms with Crippen LogP contribution in [0.25, 0.3) is 87.7 Å². The Bertz CT molecular complexity index is 3080. The zero-order valence-electron chi connectivity index (χ0n) is 32.7. The van der Waals surface area contributed by atoms with Gasteiger partial charge in [-0.25, -0.2) is 15.0 Å². The zero-order chi connectivity index (χ0) is 38.7. The largest absolute Gasteiger partial charge is 0.208 e. The number of hydrogen-bond donors (Lipinski definition) is 0. The fourth-order valence-corrected chi connectivity index (χ4v) is 13.4. The summed E-state index contributed by atoms with van der Waals surface area (Å²) in [6.07, 6.45) is 6.75. The average molecular weight is 776 g/mol. The molecule has 5 aliphatic rings. The number of fused-ring (bicyclic) bond motifs is 6. The molecule has 2 heterocycles. The lowest BCUT2D eigenvalue weighted by Crippen LogP contribution is -2.55. The van der Waals surface area contributed by atoms with Gasteiger partial charge >= 0.3 is 0 Å². The van der Waals surface area contributed by atoms with Crippen molar-refractivity contribution in [3.8, 4) is 67.5 Å². The van der Waals surface area contributed by atoms with Gasteiger partial charge < -0.3 is 0 Å².